The van der Waals surface area contributed by atoms with E-state index in [0.717, 1.165) is 5.56 Å². The number of allylic oxidation sites excluding steroid dienone is 1. The Kier molecular flexibility index (Phi) is 8.24. The number of benzene rings is 2. The molecule has 7 heteroatoms. The SMILES string of the molecule is C/C=C/c1cc(OC)c(OC(C)C(O)c2cc(OC)c(OC)c(OC)c2)c(OC)c1. The van der Waals surface area contributed by atoms with Gasteiger partial charge in [-0.05, 0) is 49.2 Å². The van der Waals surface area contributed by atoms with Crippen LogP contribution in [0.5, 0.6) is 34.5 Å². The average Bonchev–Trinajstić information content (AvgIpc) is 2.77. The molecule has 0 saturated heterocycles. The summed E-state index contributed by atoms with van der Waals surface area (Å²) in [5.74, 6) is 2.77. The van der Waals surface area contributed by atoms with Gasteiger partial charge in [-0.1, -0.05) is 12.2 Å². The van der Waals surface area contributed by atoms with E-state index in [0.29, 0.717) is 40.1 Å². The summed E-state index contributed by atoms with van der Waals surface area (Å²) < 4.78 is 33.1. The van der Waals surface area contributed by atoms with Crippen LogP contribution < -0.4 is 28.4 Å². The van der Waals surface area contributed by atoms with Crippen LogP contribution in [0.1, 0.15) is 31.1 Å². The second-order valence-electron chi connectivity index (χ2n) is 6.48. The Morgan fingerprint density at radius 3 is 1.60 bits per heavy atom. The van der Waals surface area contributed by atoms with Crippen LogP contribution in [0.25, 0.3) is 6.08 Å². The van der Waals surface area contributed by atoms with Gasteiger partial charge >= 0.3 is 0 Å². The van der Waals surface area contributed by atoms with Gasteiger partial charge in [-0.25, -0.2) is 0 Å². The highest BCUT2D eigenvalue weighted by Gasteiger charge is 2.25. The molecule has 2 aromatic rings. The standard InChI is InChI=1S/C23H30O7/c1-8-9-15-10-17(25-3)23(18(11-15)26-4)30-14(2)21(24)16-12-19(27-5)22(29-7)20(13-16)28-6/h8-14,21,24H,1-7H3/b9-8+. The van der Waals surface area contributed by atoms with Crippen molar-refractivity contribution in [2.75, 3.05) is 35.5 Å². The van der Waals surface area contributed by atoms with Gasteiger partial charge in [0.2, 0.25) is 11.5 Å². The molecule has 0 saturated carbocycles. The molecule has 0 aliphatic heterocycles. The highest BCUT2D eigenvalue weighted by Crippen LogP contribution is 2.43. The van der Waals surface area contributed by atoms with Gasteiger partial charge in [0.15, 0.2) is 23.0 Å². The van der Waals surface area contributed by atoms with Crippen molar-refractivity contribution in [2.45, 2.75) is 26.1 Å². The topological polar surface area (TPSA) is 75.6 Å². The van der Waals surface area contributed by atoms with Gasteiger partial charge < -0.3 is 33.5 Å². The first kappa shape index (κ1) is 23.2. The lowest BCUT2D eigenvalue weighted by molar-refractivity contribution is 0.0431. The normalized spacial score (nSPS) is 12.9. The Bertz CT molecular complexity index is 826. The van der Waals surface area contributed by atoms with Gasteiger partial charge in [0.05, 0.1) is 35.5 Å². The Morgan fingerprint density at radius 1 is 0.733 bits per heavy atom. The van der Waals surface area contributed by atoms with E-state index in [9.17, 15) is 5.11 Å². The van der Waals surface area contributed by atoms with Crippen molar-refractivity contribution in [2.24, 2.45) is 0 Å². The minimum Gasteiger partial charge on any atom is -0.493 e. The zero-order valence-corrected chi connectivity index (χ0v) is 18.5. The van der Waals surface area contributed by atoms with Crippen LogP contribution in [-0.2, 0) is 0 Å². The molecule has 2 atom stereocenters. The van der Waals surface area contributed by atoms with Crippen molar-refractivity contribution >= 4 is 6.08 Å². The van der Waals surface area contributed by atoms with E-state index in [1.807, 2.05) is 31.2 Å². The maximum Gasteiger partial charge on any atom is 0.203 e. The van der Waals surface area contributed by atoms with Crippen LogP contribution in [0, 0.1) is 0 Å². The summed E-state index contributed by atoms with van der Waals surface area (Å²) >= 11 is 0. The van der Waals surface area contributed by atoms with Gasteiger partial charge in [0, 0.05) is 0 Å². The van der Waals surface area contributed by atoms with E-state index in [1.54, 1.807) is 33.3 Å². The van der Waals surface area contributed by atoms with Crippen molar-refractivity contribution in [1.82, 2.24) is 0 Å². The van der Waals surface area contributed by atoms with Crippen molar-refractivity contribution in [3.8, 4) is 34.5 Å². The van der Waals surface area contributed by atoms with Gasteiger partial charge in [-0.2, -0.15) is 0 Å². The van der Waals surface area contributed by atoms with Crippen LogP contribution in [-0.4, -0.2) is 46.8 Å². The molecule has 7 nitrogen and oxygen atoms in total. The van der Waals surface area contributed by atoms with Gasteiger partial charge in [-0.3, -0.25) is 0 Å². The smallest absolute Gasteiger partial charge is 0.203 e. The highest BCUT2D eigenvalue weighted by molar-refractivity contribution is 5.62. The molecule has 2 aromatic carbocycles. The van der Waals surface area contributed by atoms with Crippen LogP contribution in [0.2, 0.25) is 0 Å². The molecule has 0 aromatic heterocycles. The maximum atomic E-state index is 11.0. The number of methoxy groups -OCH3 is 5. The van der Waals surface area contributed by atoms with Crippen LogP contribution in [0.4, 0.5) is 0 Å². The fraction of sp³-hybridized carbons (Fsp3) is 0.391. The zero-order chi connectivity index (χ0) is 22.3. The monoisotopic (exact) mass is 418 g/mol. The number of rotatable bonds is 10. The molecule has 0 aliphatic rings. The van der Waals surface area contributed by atoms with Crippen molar-refractivity contribution in [3.05, 3.63) is 41.5 Å². The number of aliphatic hydroxyl groups is 1. The van der Waals surface area contributed by atoms with Gasteiger partial charge in [0.1, 0.15) is 12.2 Å². The lowest BCUT2D eigenvalue weighted by Crippen LogP contribution is -2.22. The highest BCUT2D eigenvalue weighted by atomic mass is 16.6. The first-order chi connectivity index (χ1) is 14.4. The summed E-state index contributed by atoms with van der Waals surface area (Å²) in [7, 11) is 7.69. The predicted molar refractivity (Wildman–Crippen MR) is 115 cm³/mol. The zero-order valence-electron chi connectivity index (χ0n) is 18.5. The van der Waals surface area contributed by atoms with Crippen LogP contribution in [0.15, 0.2) is 30.3 Å². The first-order valence-corrected chi connectivity index (χ1v) is 9.47. The third-order valence-electron chi connectivity index (χ3n) is 4.62. The molecular weight excluding hydrogens is 388 g/mol. The molecule has 0 spiro atoms. The lowest BCUT2D eigenvalue weighted by atomic mass is 10.0. The molecule has 0 bridgehead atoms. The molecule has 0 aliphatic carbocycles. The summed E-state index contributed by atoms with van der Waals surface area (Å²) in [6.45, 7) is 3.69. The van der Waals surface area contributed by atoms with E-state index in [2.05, 4.69) is 0 Å². The summed E-state index contributed by atoms with van der Waals surface area (Å²) in [6, 6.07) is 7.07. The number of hydrogen-bond acceptors (Lipinski definition) is 7. The third kappa shape index (κ3) is 4.91. The number of ether oxygens (including phenoxy) is 6. The summed E-state index contributed by atoms with van der Waals surface area (Å²) in [5.41, 5.74) is 1.47. The van der Waals surface area contributed by atoms with E-state index in [4.69, 9.17) is 28.4 Å². The van der Waals surface area contributed by atoms with E-state index in [1.165, 1.54) is 21.3 Å². The Labute approximate surface area is 177 Å². The predicted octanol–water partition coefficient (Wildman–Crippen LogP) is 4.26. The Hall–Kier alpha value is -3.06. The van der Waals surface area contributed by atoms with Crippen molar-refractivity contribution in [3.63, 3.8) is 0 Å². The largest absolute Gasteiger partial charge is 0.493 e. The average molecular weight is 418 g/mol. The molecule has 0 amide bonds. The quantitative estimate of drug-likeness (QED) is 0.618. The lowest BCUT2D eigenvalue weighted by Gasteiger charge is -2.24. The Morgan fingerprint density at radius 2 is 1.20 bits per heavy atom. The fourth-order valence-electron chi connectivity index (χ4n) is 3.10. The number of aliphatic hydroxyl groups excluding tert-OH is 1. The molecule has 2 rings (SSSR count). The van der Waals surface area contributed by atoms with Crippen molar-refractivity contribution < 1.29 is 33.5 Å². The van der Waals surface area contributed by atoms with E-state index in [-0.39, 0.29) is 0 Å². The minimum atomic E-state index is -0.983. The van der Waals surface area contributed by atoms with Gasteiger partial charge in [-0.15, -0.1) is 0 Å². The Balaban J connectivity index is 2.39. The third-order valence-corrected chi connectivity index (χ3v) is 4.62. The van der Waals surface area contributed by atoms with E-state index >= 15 is 0 Å². The maximum absolute atomic E-state index is 11.0. The molecule has 164 valence electrons. The van der Waals surface area contributed by atoms with Crippen LogP contribution >= 0.6 is 0 Å². The second kappa shape index (κ2) is 10.6. The first-order valence-electron chi connectivity index (χ1n) is 9.47. The van der Waals surface area contributed by atoms with E-state index < -0.39 is 12.2 Å². The molecule has 1 N–H and O–H groups in total. The molecule has 30 heavy (non-hydrogen) atoms. The fourth-order valence-corrected chi connectivity index (χ4v) is 3.10. The minimum absolute atomic E-state index is 0.409. The summed E-state index contributed by atoms with van der Waals surface area (Å²) in [4.78, 5) is 0. The molecular formula is C23H30O7. The molecule has 2 unspecified atom stereocenters. The summed E-state index contributed by atoms with van der Waals surface area (Å²) in [5, 5.41) is 11.0. The van der Waals surface area contributed by atoms with Crippen LogP contribution in [0.3, 0.4) is 0 Å². The number of hydrogen-bond donors (Lipinski definition) is 1. The van der Waals surface area contributed by atoms with Gasteiger partial charge in [0.25, 0.3) is 0 Å². The van der Waals surface area contributed by atoms with Crippen molar-refractivity contribution in [1.29, 1.82) is 0 Å². The molecule has 0 radical (unpaired) electrons. The molecule has 0 fully saturated rings. The summed E-state index contributed by atoms with van der Waals surface area (Å²) in [6.07, 6.45) is 2.24. The molecule has 0 heterocycles. The second-order valence-corrected chi connectivity index (χ2v) is 6.48.